The Balaban J connectivity index is 1.92. The minimum absolute atomic E-state index is 0.207. The van der Waals surface area contributed by atoms with Gasteiger partial charge in [-0.1, -0.05) is 19.1 Å². The maximum Gasteiger partial charge on any atom is 0.437 e. The van der Waals surface area contributed by atoms with Gasteiger partial charge in [-0.2, -0.15) is 4.68 Å². The van der Waals surface area contributed by atoms with Crippen LogP contribution in [-0.4, -0.2) is 20.7 Å². The number of allylic oxidation sites excluding steroid dienone is 1. The molecule has 1 aromatic carbocycles. The second kappa shape index (κ2) is 8.97. The first-order valence-corrected chi connectivity index (χ1v) is 10.00. The average Bonchev–Trinajstić information content (AvgIpc) is 3.07. The fourth-order valence-electron chi connectivity index (χ4n) is 2.85. The molecular weight excluding hydrogens is 404 g/mol. The summed E-state index contributed by atoms with van der Waals surface area (Å²) in [6, 6.07) is 9.20. The molecule has 10 heteroatoms. The lowest BCUT2D eigenvalue weighted by Crippen LogP contribution is -2.17. The minimum atomic E-state index is -0.539. The molecule has 30 heavy (non-hydrogen) atoms. The molecule has 5 N–H and O–H groups in total. The van der Waals surface area contributed by atoms with Crippen molar-refractivity contribution in [2.45, 2.75) is 20.3 Å². The molecule has 2 aromatic heterocycles. The lowest BCUT2D eigenvalue weighted by molar-refractivity contribution is -0.112. The van der Waals surface area contributed by atoms with Gasteiger partial charge in [-0.25, -0.2) is 4.79 Å². The van der Waals surface area contributed by atoms with E-state index in [-0.39, 0.29) is 16.7 Å². The van der Waals surface area contributed by atoms with Gasteiger partial charge in [0.15, 0.2) is 0 Å². The van der Waals surface area contributed by atoms with Crippen molar-refractivity contribution in [2.24, 2.45) is 17.9 Å². The summed E-state index contributed by atoms with van der Waals surface area (Å²) in [4.78, 5) is 28.6. The normalized spacial score (nSPS) is 11.9. The average molecular weight is 427 g/mol. The zero-order valence-corrected chi connectivity index (χ0v) is 17.6. The van der Waals surface area contributed by atoms with Crippen LogP contribution in [0.25, 0.3) is 22.6 Å². The van der Waals surface area contributed by atoms with E-state index in [4.69, 9.17) is 15.3 Å². The number of benzene rings is 1. The number of hydrogen-bond donors (Lipinski definition) is 3. The van der Waals surface area contributed by atoms with Crippen molar-refractivity contribution in [3.63, 3.8) is 0 Å². The summed E-state index contributed by atoms with van der Waals surface area (Å²) in [5.41, 5.74) is 9.92. The summed E-state index contributed by atoms with van der Waals surface area (Å²) >= 11 is 0.808. The number of aryl methyl sites for hydroxylation is 2. The van der Waals surface area contributed by atoms with E-state index in [0.29, 0.717) is 16.9 Å². The number of nitrogens with two attached hydrogens (primary N) is 2. The molecule has 3 aromatic rings. The van der Waals surface area contributed by atoms with Crippen LogP contribution in [0.4, 0.5) is 5.69 Å². The second-order valence-corrected chi connectivity index (χ2v) is 7.17. The van der Waals surface area contributed by atoms with Crippen molar-refractivity contribution >= 4 is 23.5 Å². The molecule has 0 fully saturated rings. The fourth-order valence-corrected chi connectivity index (χ4v) is 3.20. The van der Waals surface area contributed by atoms with E-state index in [1.807, 2.05) is 25.1 Å². The van der Waals surface area contributed by atoms with Gasteiger partial charge in [0.05, 0.1) is 5.56 Å². The third-order valence-electron chi connectivity index (χ3n) is 4.38. The molecule has 0 bridgehead atoms. The Labute approximate surface area is 177 Å². The van der Waals surface area contributed by atoms with Gasteiger partial charge in [-0.3, -0.25) is 14.9 Å². The number of hydrogen-bond acceptors (Lipinski definition) is 8. The van der Waals surface area contributed by atoms with Crippen molar-refractivity contribution in [1.29, 1.82) is 0 Å². The second-order valence-electron chi connectivity index (χ2n) is 6.53. The molecule has 0 radical (unpaired) electrons. The van der Waals surface area contributed by atoms with Gasteiger partial charge in [0.1, 0.15) is 4.91 Å². The highest BCUT2D eigenvalue weighted by atomic mass is 32.2. The monoisotopic (exact) mass is 426 g/mol. The molecule has 0 spiro atoms. The SMILES string of the molecule is CCc1ncc(-c2nn(C)c(=O)o2)cc1-c1ccc(NC(=O)/C(SN)=C(\C)N)cc1. The van der Waals surface area contributed by atoms with E-state index in [2.05, 4.69) is 15.4 Å². The van der Waals surface area contributed by atoms with Gasteiger partial charge >= 0.3 is 5.76 Å². The van der Waals surface area contributed by atoms with E-state index in [1.165, 1.54) is 7.05 Å². The lowest BCUT2D eigenvalue weighted by atomic mass is 10.0. The third kappa shape index (κ3) is 4.44. The molecule has 0 atom stereocenters. The van der Waals surface area contributed by atoms with Crippen LogP contribution in [0.2, 0.25) is 0 Å². The lowest BCUT2D eigenvalue weighted by Gasteiger charge is -2.11. The van der Waals surface area contributed by atoms with E-state index >= 15 is 0 Å². The number of nitrogens with zero attached hydrogens (tertiary/aromatic N) is 3. The van der Waals surface area contributed by atoms with Crippen LogP contribution in [0, 0.1) is 0 Å². The Bertz CT molecular complexity index is 1160. The van der Waals surface area contributed by atoms with Gasteiger partial charge < -0.3 is 15.5 Å². The summed E-state index contributed by atoms with van der Waals surface area (Å²) < 4.78 is 6.29. The van der Waals surface area contributed by atoms with Gasteiger partial charge in [-0.15, -0.1) is 5.10 Å². The van der Waals surface area contributed by atoms with Crippen molar-refractivity contribution in [2.75, 3.05) is 5.32 Å². The molecule has 0 aliphatic rings. The minimum Gasteiger partial charge on any atom is -0.401 e. The predicted molar refractivity (Wildman–Crippen MR) is 117 cm³/mol. The Morgan fingerprint density at radius 1 is 1.27 bits per heavy atom. The summed E-state index contributed by atoms with van der Waals surface area (Å²) in [7, 11) is 1.52. The Morgan fingerprint density at radius 2 is 1.97 bits per heavy atom. The Morgan fingerprint density at radius 3 is 2.50 bits per heavy atom. The highest BCUT2D eigenvalue weighted by Crippen LogP contribution is 2.29. The zero-order valence-electron chi connectivity index (χ0n) is 16.8. The smallest absolute Gasteiger partial charge is 0.401 e. The summed E-state index contributed by atoms with van der Waals surface area (Å²) in [6.07, 6.45) is 2.35. The number of rotatable bonds is 6. The molecule has 0 saturated heterocycles. The van der Waals surface area contributed by atoms with E-state index in [9.17, 15) is 9.59 Å². The van der Waals surface area contributed by atoms with Crippen molar-refractivity contribution in [3.05, 3.63) is 63.4 Å². The first kappa shape index (κ1) is 21.3. The first-order valence-electron chi connectivity index (χ1n) is 9.12. The molecule has 0 aliphatic carbocycles. The molecule has 0 unspecified atom stereocenters. The summed E-state index contributed by atoms with van der Waals surface area (Å²) in [5.74, 6) is -0.695. The van der Waals surface area contributed by atoms with Crippen molar-refractivity contribution < 1.29 is 9.21 Å². The van der Waals surface area contributed by atoms with Gasteiger partial charge in [-0.05, 0) is 49.1 Å². The molecule has 3 rings (SSSR count). The molecule has 0 saturated carbocycles. The maximum atomic E-state index is 12.3. The number of nitrogens with one attached hydrogen (secondary N) is 1. The zero-order chi connectivity index (χ0) is 21.8. The van der Waals surface area contributed by atoms with E-state index in [1.54, 1.807) is 25.3 Å². The summed E-state index contributed by atoms with van der Waals surface area (Å²) in [6.45, 7) is 3.63. The van der Waals surface area contributed by atoms with E-state index in [0.717, 1.165) is 39.9 Å². The largest absolute Gasteiger partial charge is 0.437 e. The molecule has 9 nitrogen and oxygen atoms in total. The first-order chi connectivity index (χ1) is 14.3. The number of pyridine rings is 1. The van der Waals surface area contributed by atoms with E-state index < -0.39 is 5.76 Å². The molecular formula is C20H22N6O3S. The van der Waals surface area contributed by atoms with Gasteiger partial charge in [0, 0.05) is 35.9 Å². The van der Waals surface area contributed by atoms with Crippen LogP contribution in [0.3, 0.4) is 0 Å². The highest BCUT2D eigenvalue weighted by molar-refractivity contribution is 8.01. The fraction of sp³-hybridized carbons (Fsp3) is 0.200. The van der Waals surface area contributed by atoms with Crippen molar-refractivity contribution in [1.82, 2.24) is 14.8 Å². The Hall–Kier alpha value is -3.37. The van der Waals surface area contributed by atoms with Crippen molar-refractivity contribution in [3.8, 4) is 22.6 Å². The molecule has 2 heterocycles. The molecule has 1 amide bonds. The third-order valence-corrected chi connectivity index (χ3v) is 5.12. The number of carbonyl (C=O) groups is 1. The Kier molecular flexibility index (Phi) is 6.38. The van der Waals surface area contributed by atoms with Gasteiger partial charge in [0.25, 0.3) is 11.8 Å². The van der Waals surface area contributed by atoms with Crippen LogP contribution in [0.1, 0.15) is 19.5 Å². The van der Waals surface area contributed by atoms with Crippen LogP contribution in [0.5, 0.6) is 0 Å². The number of carbonyl (C=O) groups excluding carboxylic acids is 1. The topological polar surface area (TPSA) is 142 Å². The molecule has 156 valence electrons. The van der Waals surface area contributed by atoms with Crippen LogP contribution in [-0.2, 0) is 18.3 Å². The highest BCUT2D eigenvalue weighted by Gasteiger charge is 2.14. The maximum absolute atomic E-state index is 12.3. The quantitative estimate of drug-likeness (QED) is 0.403. The summed E-state index contributed by atoms with van der Waals surface area (Å²) in [5, 5.41) is 12.4. The molecule has 0 aliphatic heterocycles. The van der Waals surface area contributed by atoms with Crippen LogP contribution >= 0.6 is 11.9 Å². The standard InChI is InChI=1S/C20H22N6O3S/c1-4-16-15(9-13(10-23-16)19-25-26(3)20(28)29-19)12-5-7-14(8-6-12)24-18(27)17(30-22)11(2)21/h5-10H,4,21-22H2,1-3H3,(H,24,27)/b17-11-. The van der Waals surface area contributed by atoms with Gasteiger partial charge in [0.2, 0.25) is 0 Å². The number of aromatic nitrogens is 3. The number of anilines is 1. The predicted octanol–water partition coefficient (Wildman–Crippen LogP) is 2.40. The number of amides is 1. The van der Waals surface area contributed by atoms with Crippen LogP contribution in [0.15, 0.2) is 56.3 Å². The van der Waals surface area contributed by atoms with Crippen LogP contribution < -0.4 is 21.9 Å².